The highest BCUT2D eigenvalue weighted by Gasteiger charge is 2.27. The predicted molar refractivity (Wildman–Crippen MR) is 70.5 cm³/mol. The Labute approximate surface area is 104 Å². The van der Waals surface area contributed by atoms with Crippen LogP contribution in [0.4, 0.5) is 0 Å². The number of allylic oxidation sites excluding steroid dienone is 1. The van der Waals surface area contributed by atoms with Gasteiger partial charge in [-0.25, -0.2) is 0 Å². The molecule has 82 valence electrons. The van der Waals surface area contributed by atoms with Crippen molar-refractivity contribution in [1.82, 2.24) is 0 Å². The normalized spacial score (nSPS) is 11.3. The molecule has 1 nitrogen and oxygen atoms in total. The topological polar surface area (TPSA) is 9.23 Å². The van der Waals surface area contributed by atoms with E-state index in [1.165, 1.54) is 0 Å². The number of alkyl halides is 2. The standard InChI is InChI=1S/C11H18Br2O/c1-3-5-6-11(8-12,9-13)10-14-7-4-2/h3-4H,1-2,5-10H2. The molecule has 14 heavy (non-hydrogen) atoms. The largest absolute Gasteiger partial charge is 0.377 e. The van der Waals surface area contributed by atoms with Gasteiger partial charge in [-0.15, -0.1) is 13.2 Å². The molecule has 0 unspecified atom stereocenters. The van der Waals surface area contributed by atoms with Gasteiger partial charge in [-0.05, 0) is 12.8 Å². The molecule has 0 rings (SSSR count). The Morgan fingerprint density at radius 3 is 2.21 bits per heavy atom. The van der Waals surface area contributed by atoms with Crippen LogP contribution in [0.5, 0.6) is 0 Å². The molecule has 0 bridgehead atoms. The quantitative estimate of drug-likeness (QED) is 0.354. The van der Waals surface area contributed by atoms with E-state index >= 15 is 0 Å². The third-order valence-electron chi connectivity index (χ3n) is 2.09. The molecule has 0 aliphatic rings. The Balaban J connectivity index is 4.05. The van der Waals surface area contributed by atoms with Gasteiger partial charge in [0, 0.05) is 16.1 Å². The summed E-state index contributed by atoms with van der Waals surface area (Å²) in [7, 11) is 0. The molecule has 0 aliphatic heterocycles. The van der Waals surface area contributed by atoms with Crippen LogP contribution in [-0.2, 0) is 4.74 Å². The van der Waals surface area contributed by atoms with Crippen LogP contribution >= 0.6 is 31.9 Å². The van der Waals surface area contributed by atoms with E-state index in [2.05, 4.69) is 45.0 Å². The maximum Gasteiger partial charge on any atom is 0.0645 e. The van der Waals surface area contributed by atoms with Crippen molar-refractivity contribution in [3.8, 4) is 0 Å². The van der Waals surface area contributed by atoms with Crippen molar-refractivity contribution >= 4 is 31.9 Å². The van der Waals surface area contributed by atoms with Crippen molar-refractivity contribution in [2.75, 3.05) is 23.9 Å². The first-order valence-corrected chi connectivity index (χ1v) is 6.90. The molecule has 0 N–H and O–H groups in total. The Morgan fingerprint density at radius 1 is 1.14 bits per heavy atom. The second-order valence-electron chi connectivity index (χ2n) is 3.40. The van der Waals surface area contributed by atoms with E-state index < -0.39 is 0 Å². The summed E-state index contributed by atoms with van der Waals surface area (Å²) < 4.78 is 5.51. The second-order valence-corrected chi connectivity index (χ2v) is 4.52. The number of rotatable bonds is 9. The van der Waals surface area contributed by atoms with Gasteiger partial charge in [0.15, 0.2) is 0 Å². The van der Waals surface area contributed by atoms with Gasteiger partial charge in [0.25, 0.3) is 0 Å². The molecule has 0 heterocycles. The number of hydrogen-bond acceptors (Lipinski definition) is 1. The molecular weight excluding hydrogens is 308 g/mol. The summed E-state index contributed by atoms with van der Waals surface area (Å²) in [5.74, 6) is 0. The maximum absolute atomic E-state index is 5.51. The fourth-order valence-electron chi connectivity index (χ4n) is 1.09. The molecule has 0 aliphatic carbocycles. The molecule has 3 heteroatoms. The molecule has 0 aromatic rings. The van der Waals surface area contributed by atoms with E-state index in [-0.39, 0.29) is 5.41 Å². The average molecular weight is 326 g/mol. The van der Waals surface area contributed by atoms with Crippen LogP contribution < -0.4 is 0 Å². The van der Waals surface area contributed by atoms with Gasteiger partial charge in [0.2, 0.25) is 0 Å². The Kier molecular flexibility index (Phi) is 8.94. The monoisotopic (exact) mass is 324 g/mol. The van der Waals surface area contributed by atoms with E-state index in [4.69, 9.17) is 4.74 Å². The summed E-state index contributed by atoms with van der Waals surface area (Å²) in [5, 5.41) is 1.88. The summed E-state index contributed by atoms with van der Waals surface area (Å²) >= 11 is 7.09. The number of ether oxygens (including phenoxy) is 1. The van der Waals surface area contributed by atoms with Gasteiger partial charge in [0.1, 0.15) is 0 Å². The van der Waals surface area contributed by atoms with Crippen molar-refractivity contribution in [1.29, 1.82) is 0 Å². The van der Waals surface area contributed by atoms with Gasteiger partial charge in [0.05, 0.1) is 13.2 Å². The summed E-state index contributed by atoms with van der Waals surface area (Å²) in [6, 6.07) is 0. The van der Waals surface area contributed by atoms with Crippen molar-refractivity contribution < 1.29 is 4.74 Å². The van der Waals surface area contributed by atoms with E-state index in [1.54, 1.807) is 6.08 Å². The van der Waals surface area contributed by atoms with Crippen LogP contribution in [0.1, 0.15) is 12.8 Å². The highest BCUT2D eigenvalue weighted by Crippen LogP contribution is 2.29. The smallest absolute Gasteiger partial charge is 0.0645 e. The highest BCUT2D eigenvalue weighted by atomic mass is 79.9. The summed E-state index contributed by atoms with van der Waals surface area (Å²) in [6.45, 7) is 8.74. The van der Waals surface area contributed by atoms with Crippen LogP contribution in [0.25, 0.3) is 0 Å². The fourth-order valence-corrected chi connectivity index (χ4v) is 2.90. The minimum atomic E-state index is 0.178. The van der Waals surface area contributed by atoms with E-state index in [0.717, 1.165) is 30.1 Å². The van der Waals surface area contributed by atoms with E-state index in [0.29, 0.717) is 6.61 Å². The lowest BCUT2D eigenvalue weighted by molar-refractivity contribution is 0.0830. The van der Waals surface area contributed by atoms with Crippen molar-refractivity contribution in [2.45, 2.75) is 12.8 Å². The number of hydrogen-bond donors (Lipinski definition) is 0. The van der Waals surface area contributed by atoms with Crippen molar-refractivity contribution in [3.05, 3.63) is 25.3 Å². The Bertz CT molecular complexity index is 165. The fraction of sp³-hybridized carbons (Fsp3) is 0.636. The first-order valence-electron chi connectivity index (χ1n) is 4.66. The van der Waals surface area contributed by atoms with Gasteiger partial charge in [-0.2, -0.15) is 0 Å². The highest BCUT2D eigenvalue weighted by molar-refractivity contribution is 9.09. The molecule has 0 amide bonds. The molecule has 0 atom stereocenters. The lowest BCUT2D eigenvalue weighted by Crippen LogP contribution is -2.30. The second kappa shape index (κ2) is 8.69. The SMILES string of the molecule is C=CCCC(CBr)(CBr)COCC=C. The lowest BCUT2D eigenvalue weighted by Gasteiger charge is -2.29. The summed E-state index contributed by atoms with van der Waals surface area (Å²) in [5.41, 5.74) is 0.178. The maximum atomic E-state index is 5.51. The van der Waals surface area contributed by atoms with Crippen LogP contribution in [-0.4, -0.2) is 23.9 Å². The molecule has 0 aromatic carbocycles. The first kappa shape index (κ1) is 14.4. The van der Waals surface area contributed by atoms with Crippen molar-refractivity contribution in [3.63, 3.8) is 0 Å². The zero-order valence-corrected chi connectivity index (χ0v) is 11.6. The van der Waals surface area contributed by atoms with Crippen LogP contribution in [0.3, 0.4) is 0 Å². The summed E-state index contributed by atoms with van der Waals surface area (Å²) in [6.07, 6.45) is 5.84. The van der Waals surface area contributed by atoms with Gasteiger partial charge >= 0.3 is 0 Å². The van der Waals surface area contributed by atoms with Gasteiger partial charge in [-0.1, -0.05) is 44.0 Å². The van der Waals surface area contributed by atoms with Crippen LogP contribution in [0.15, 0.2) is 25.3 Å². The van der Waals surface area contributed by atoms with Crippen LogP contribution in [0.2, 0.25) is 0 Å². The van der Waals surface area contributed by atoms with Gasteiger partial charge in [-0.3, -0.25) is 0 Å². The van der Waals surface area contributed by atoms with Crippen LogP contribution in [0, 0.1) is 5.41 Å². The third kappa shape index (κ3) is 5.32. The molecule has 0 saturated carbocycles. The predicted octanol–water partition coefficient (Wildman–Crippen LogP) is 3.93. The Morgan fingerprint density at radius 2 is 1.79 bits per heavy atom. The third-order valence-corrected chi connectivity index (χ3v) is 4.47. The zero-order chi connectivity index (χ0) is 10.9. The van der Waals surface area contributed by atoms with Crippen molar-refractivity contribution in [2.24, 2.45) is 5.41 Å². The molecule has 0 spiro atoms. The summed E-state index contributed by atoms with van der Waals surface area (Å²) in [4.78, 5) is 0. The molecule has 0 saturated heterocycles. The van der Waals surface area contributed by atoms with Gasteiger partial charge < -0.3 is 4.74 Å². The molecule has 0 radical (unpaired) electrons. The Hall–Kier alpha value is 0.400. The number of halogens is 2. The minimum absolute atomic E-state index is 0.178. The minimum Gasteiger partial charge on any atom is -0.377 e. The first-order chi connectivity index (χ1) is 6.74. The van der Waals surface area contributed by atoms with E-state index in [1.807, 2.05) is 6.08 Å². The lowest BCUT2D eigenvalue weighted by atomic mass is 9.89. The molecular formula is C11H18Br2O. The molecule has 0 fully saturated rings. The van der Waals surface area contributed by atoms with E-state index in [9.17, 15) is 0 Å². The zero-order valence-electron chi connectivity index (χ0n) is 8.48. The molecule has 0 aromatic heterocycles. The average Bonchev–Trinajstić information content (AvgIpc) is 2.24.